The number of carbonyl (C=O) groups excluding carboxylic acids is 1. The predicted octanol–water partition coefficient (Wildman–Crippen LogP) is 3.40. The summed E-state index contributed by atoms with van der Waals surface area (Å²) in [5.74, 6) is -0.624. The van der Waals surface area contributed by atoms with Gasteiger partial charge in [0.15, 0.2) is 16.0 Å². The van der Waals surface area contributed by atoms with Crippen LogP contribution in [0.25, 0.3) is 21.2 Å². The van der Waals surface area contributed by atoms with E-state index in [1.54, 1.807) is 24.3 Å². The lowest BCUT2D eigenvalue weighted by Gasteiger charge is -2.00. The maximum atomic E-state index is 12.5. The van der Waals surface area contributed by atoms with Crippen molar-refractivity contribution in [3.63, 3.8) is 0 Å². The molecule has 4 aromatic rings. The van der Waals surface area contributed by atoms with E-state index in [0.29, 0.717) is 15.8 Å². The number of amides is 1. The van der Waals surface area contributed by atoms with E-state index in [1.165, 1.54) is 17.4 Å². The highest BCUT2D eigenvalue weighted by molar-refractivity contribution is 7.16. The Bertz CT molecular complexity index is 1260. The molecule has 0 atom stereocenters. The molecule has 0 fully saturated rings. The van der Waals surface area contributed by atoms with Crippen LogP contribution < -0.4 is 10.2 Å². The van der Waals surface area contributed by atoms with Crippen LogP contribution in [0.3, 0.4) is 0 Å². The minimum Gasteiger partial charge on any atom is -0.451 e. The largest absolute Gasteiger partial charge is 0.451 e. The van der Waals surface area contributed by atoms with Crippen molar-refractivity contribution in [2.45, 2.75) is 6.92 Å². The number of fused-ring (bicyclic) bond motifs is 2. The van der Waals surface area contributed by atoms with Crippen LogP contribution in [0.4, 0.5) is 0 Å². The van der Waals surface area contributed by atoms with Crippen molar-refractivity contribution >= 4 is 38.4 Å². The van der Waals surface area contributed by atoms with Crippen LogP contribution in [-0.2, 0) is 7.05 Å². The van der Waals surface area contributed by atoms with Gasteiger partial charge in [0.2, 0.25) is 0 Å². The third-order valence-corrected chi connectivity index (χ3v) is 5.16. The molecule has 0 spiro atoms. The fraction of sp³-hybridized carbons (Fsp3) is 0.105. The van der Waals surface area contributed by atoms with Gasteiger partial charge in [0.1, 0.15) is 5.58 Å². The molecule has 5 nitrogen and oxygen atoms in total. The van der Waals surface area contributed by atoms with E-state index in [9.17, 15) is 9.59 Å². The summed E-state index contributed by atoms with van der Waals surface area (Å²) < 4.78 is 8.50. The molecule has 6 heteroatoms. The molecule has 0 saturated carbocycles. The molecule has 0 aliphatic carbocycles. The molecule has 0 radical (unpaired) electrons. The third-order valence-electron chi connectivity index (χ3n) is 4.07. The number of thiazole rings is 1. The molecule has 0 saturated heterocycles. The summed E-state index contributed by atoms with van der Waals surface area (Å²) in [5.41, 5.74) is 2.28. The molecule has 2 aromatic heterocycles. The number of hydrogen-bond donors (Lipinski definition) is 0. The second-order valence-corrected chi connectivity index (χ2v) is 6.76. The number of para-hydroxylation sites is 2. The molecule has 0 aliphatic heterocycles. The molecule has 25 heavy (non-hydrogen) atoms. The van der Waals surface area contributed by atoms with Crippen LogP contribution in [0.2, 0.25) is 0 Å². The Balaban J connectivity index is 1.88. The molecular weight excluding hydrogens is 336 g/mol. The highest BCUT2D eigenvalue weighted by atomic mass is 32.1. The molecule has 0 unspecified atom stereocenters. The summed E-state index contributed by atoms with van der Waals surface area (Å²) in [6, 6.07) is 14.0. The maximum Gasteiger partial charge on any atom is 0.315 e. The van der Waals surface area contributed by atoms with Crippen molar-refractivity contribution in [1.29, 1.82) is 0 Å². The number of rotatable bonds is 1. The SMILES string of the molecule is Cc1cccc2sc(=NC(=O)c3cc(=O)c4ccccc4o3)n(C)c12. The standard InChI is InChI=1S/C19H14N2O3S/c1-11-6-5-9-16-17(11)21(2)19(25-16)20-18(23)15-10-13(22)12-7-3-4-8-14(12)24-15/h3-10H,1-2H3. The summed E-state index contributed by atoms with van der Waals surface area (Å²) in [5, 5.41) is 0.446. The Kier molecular flexibility index (Phi) is 3.62. The van der Waals surface area contributed by atoms with E-state index in [4.69, 9.17) is 4.42 Å². The third kappa shape index (κ3) is 2.60. The molecule has 2 aromatic carbocycles. The average Bonchev–Trinajstić information content (AvgIpc) is 2.92. The fourth-order valence-electron chi connectivity index (χ4n) is 2.86. The topological polar surface area (TPSA) is 64.6 Å². The zero-order valence-corrected chi connectivity index (χ0v) is 14.5. The van der Waals surface area contributed by atoms with Crippen LogP contribution in [0, 0.1) is 6.92 Å². The van der Waals surface area contributed by atoms with Crippen molar-refractivity contribution in [1.82, 2.24) is 4.57 Å². The zero-order chi connectivity index (χ0) is 17.6. The summed E-state index contributed by atoms with van der Waals surface area (Å²) in [7, 11) is 1.87. The number of hydrogen-bond acceptors (Lipinski definition) is 4. The second kappa shape index (κ2) is 5.82. The first-order valence-corrected chi connectivity index (χ1v) is 8.53. The molecule has 124 valence electrons. The Labute approximate surface area is 146 Å². The Morgan fingerprint density at radius 3 is 2.76 bits per heavy atom. The second-order valence-electron chi connectivity index (χ2n) is 5.75. The van der Waals surface area contributed by atoms with Crippen molar-refractivity contribution in [2.75, 3.05) is 0 Å². The van der Waals surface area contributed by atoms with E-state index in [-0.39, 0.29) is 11.2 Å². The summed E-state index contributed by atoms with van der Waals surface area (Å²) in [6.07, 6.45) is 0. The van der Waals surface area contributed by atoms with Gasteiger partial charge in [-0.2, -0.15) is 4.99 Å². The van der Waals surface area contributed by atoms with Gasteiger partial charge in [0, 0.05) is 13.1 Å². The lowest BCUT2D eigenvalue weighted by Crippen LogP contribution is -2.14. The predicted molar refractivity (Wildman–Crippen MR) is 97.9 cm³/mol. The van der Waals surface area contributed by atoms with Crippen molar-refractivity contribution in [2.24, 2.45) is 12.0 Å². The molecule has 2 heterocycles. The highest BCUT2D eigenvalue weighted by Gasteiger charge is 2.13. The van der Waals surface area contributed by atoms with Gasteiger partial charge in [-0.1, -0.05) is 35.6 Å². The van der Waals surface area contributed by atoms with Gasteiger partial charge < -0.3 is 8.98 Å². The normalized spacial score (nSPS) is 12.2. The van der Waals surface area contributed by atoms with Gasteiger partial charge in [-0.15, -0.1) is 0 Å². The number of aromatic nitrogens is 1. The van der Waals surface area contributed by atoms with Gasteiger partial charge in [0.05, 0.1) is 15.6 Å². The number of aryl methyl sites for hydroxylation is 2. The number of benzene rings is 2. The van der Waals surface area contributed by atoms with Crippen LogP contribution in [0.1, 0.15) is 16.1 Å². The Hall–Kier alpha value is -2.99. The fourth-order valence-corrected chi connectivity index (χ4v) is 3.95. The molecule has 1 amide bonds. The number of nitrogens with zero attached hydrogens (tertiary/aromatic N) is 2. The summed E-state index contributed by atoms with van der Waals surface area (Å²) >= 11 is 1.42. The highest BCUT2D eigenvalue weighted by Crippen LogP contribution is 2.20. The molecule has 0 aliphatic rings. The molecule has 4 rings (SSSR count). The molecule has 0 bridgehead atoms. The first kappa shape index (κ1) is 15.5. The summed E-state index contributed by atoms with van der Waals surface area (Å²) in [6.45, 7) is 2.02. The van der Waals surface area contributed by atoms with Gasteiger partial charge in [0.25, 0.3) is 0 Å². The Morgan fingerprint density at radius 1 is 1.16 bits per heavy atom. The van der Waals surface area contributed by atoms with E-state index in [0.717, 1.165) is 15.8 Å². The van der Waals surface area contributed by atoms with E-state index < -0.39 is 5.91 Å². The average molecular weight is 350 g/mol. The van der Waals surface area contributed by atoms with Crippen LogP contribution in [-0.4, -0.2) is 10.5 Å². The monoisotopic (exact) mass is 350 g/mol. The smallest absolute Gasteiger partial charge is 0.315 e. The molecular formula is C19H14N2O3S. The first-order chi connectivity index (χ1) is 12.0. The van der Waals surface area contributed by atoms with Gasteiger partial charge in [-0.05, 0) is 30.7 Å². The van der Waals surface area contributed by atoms with Crippen molar-refractivity contribution in [3.05, 3.63) is 74.9 Å². The van der Waals surface area contributed by atoms with E-state index in [2.05, 4.69) is 4.99 Å². The van der Waals surface area contributed by atoms with Crippen LogP contribution >= 0.6 is 11.3 Å². The lowest BCUT2D eigenvalue weighted by atomic mass is 10.2. The van der Waals surface area contributed by atoms with E-state index >= 15 is 0 Å². The van der Waals surface area contributed by atoms with Gasteiger partial charge >= 0.3 is 5.91 Å². The quantitative estimate of drug-likeness (QED) is 0.528. The van der Waals surface area contributed by atoms with Gasteiger partial charge in [-0.3, -0.25) is 9.59 Å². The molecule has 0 N–H and O–H groups in total. The zero-order valence-electron chi connectivity index (χ0n) is 13.6. The van der Waals surface area contributed by atoms with E-state index in [1.807, 2.05) is 36.7 Å². The lowest BCUT2D eigenvalue weighted by molar-refractivity contribution is 0.0972. The first-order valence-electron chi connectivity index (χ1n) is 7.72. The van der Waals surface area contributed by atoms with Gasteiger partial charge in [-0.25, -0.2) is 0 Å². The van der Waals surface area contributed by atoms with Crippen molar-refractivity contribution in [3.8, 4) is 0 Å². The minimum atomic E-state index is -0.567. The van der Waals surface area contributed by atoms with Crippen molar-refractivity contribution < 1.29 is 9.21 Å². The maximum absolute atomic E-state index is 12.5. The van der Waals surface area contributed by atoms with Crippen LogP contribution in [0.15, 0.2) is 62.7 Å². The van der Waals surface area contributed by atoms with Crippen LogP contribution in [0.5, 0.6) is 0 Å². The minimum absolute atomic E-state index is 0.0575. The summed E-state index contributed by atoms with van der Waals surface area (Å²) in [4.78, 5) is 29.4. The number of carbonyl (C=O) groups is 1. The Morgan fingerprint density at radius 2 is 1.96 bits per heavy atom.